The van der Waals surface area contributed by atoms with Crippen LogP contribution in [0.4, 0.5) is 15.2 Å². The Morgan fingerprint density at radius 3 is 2.76 bits per heavy atom. The van der Waals surface area contributed by atoms with Crippen molar-refractivity contribution in [3.63, 3.8) is 0 Å². The Morgan fingerprint density at radius 1 is 1.28 bits per heavy atom. The van der Waals surface area contributed by atoms with Crippen molar-refractivity contribution in [2.24, 2.45) is 0 Å². The van der Waals surface area contributed by atoms with E-state index in [4.69, 9.17) is 11.6 Å². The van der Waals surface area contributed by atoms with Gasteiger partial charge in [0.05, 0.1) is 34.8 Å². The molecule has 2 aromatic heterocycles. The minimum atomic E-state index is -0.866. The fraction of sp³-hybridized carbons (Fsp3) is 0.0588. The molecule has 0 bridgehead atoms. The maximum Gasteiger partial charge on any atom is 0.290 e. The molecule has 0 fully saturated rings. The van der Waals surface area contributed by atoms with Gasteiger partial charge in [-0.1, -0.05) is 28.2 Å². The van der Waals surface area contributed by atoms with Gasteiger partial charge < -0.3 is 5.32 Å². The van der Waals surface area contributed by atoms with E-state index in [1.54, 1.807) is 35.1 Å². The summed E-state index contributed by atoms with van der Waals surface area (Å²) in [5.41, 5.74) is 0.0734. The molecule has 0 amide bonds. The molecule has 0 spiro atoms. The van der Waals surface area contributed by atoms with Crippen molar-refractivity contribution in [1.82, 2.24) is 20.0 Å². The van der Waals surface area contributed by atoms with Gasteiger partial charge >= 0.3 is 0 Å². The van der Waals surface area contributed by atoms with E-state index in [2.05, 4.69) is 20.6 Å². The van der Waals surface area contributed by atoms with Crippen LogP contribution < -0.4 is 10.9 Å². The van der Waals surface area contributed by atoms with E-state index < -0.39 is 22.0 Å². The SMILES string of the molecule is O=c1nc(NCc2cn(-c3ccc(Cl)cc3)nn2)sc2c([N+](=O)[O-])cc(F)cc12. The molecule has 0 aliphatic rings. The van der Waals surface area contributed by atoms with Crippen LogP contribution in [0.15, 0.2) is 47.4 Å². The number of benzene rings is 2. The lowest BCUT2D eigenvalue weighted by Crippen LogP contribution is -2.10. The van der Waals surface area contributed by atoms with Gasteiger partial charge in [-0.05, 0) is 30.3 Å². The van der Waals surface area contributed by atoms with E-state index in [9.17, 15) is 19.3 Å². The maximum atomic E-state index is 13.6. The largest absolute Gasteiger partial charge is 0.356 e. The Balaban J connectivity index is 1.60. The number of rotatable bonds is 5. The zero-order valence-corrected chi connectivity index (χ0v) is 15.9. The van der Waals surface area contributed by atoms with E-state index in [0.717, 1.165) is 29.2 Å². The van der Waals surface area contributed by atoms with Crippen molar-refractivity contribution in [3.8, 4) is 5.69 Å². The lowest BCUT2D eigenvalue weighted by molar-refractivity contribution is -0.383. The van der Waals surface area contributed by atoms with Crippen LogP contribution in [0.25, 0.3) is 15.8 Å². The second-order valence-corrected chi connectivity index (χ2v) is 7.30. The summed E-state index contributed by atoms with van der Waals surface area (Å²) in [6.45, 7) is 0.178. The van der Waals surface area contributed by atoms with Crippen molar-refractivity contribution in [1.29, 1.82) is 0 Å². The highest BCUT2D eigenvalue weighted by atomic mass is 35.5. The van der Waals surface area contributed by atoms with Crippen molar-refractivity contribution < 1.29 is 9.31 Å². The molecule has 0 radical (unpaired) electrons. The fourth-order valence-electron chi connectivity index (χ4n) is 2.59. The Bertz CT molecular complexity index is 1290. The molecular formula is C17H10ClFN6O3S. The molecule has 0 atom stereocenters. The summed E-state index contributed by atoms with van der Waals surface area (Å²) in [6, 6.07) is 8.73. The third-order valence-electron chi connectivity index (χ3n) is 3.92. The summed E-state index contributed by atoms with van der Waals surface area (Å²) in [7, 11) is 0. The van der Waals surface area contributed by atoms with Crippen molar-refractivity contribution in [2.75, 3.05) is 5.32 Å². The number of hydrogen-bond donors (Lipinski definition) is 1. The topological polar surface area (TPSA) is 116 Å². The van der Waals surface area contributed by atoms with E-state index in [0.29, 0.717) is 10.7 Å². The highest BCUT2D eigenvalue weighted by molar-refractivity contribution is 7.22. The average molecular weight is 433 g/mol. The first kappa shape index (κ1) is 18.9. The highest BCUT2D eigenvalue weighted by Gasteiger charge is 2.18. The predicted octanol–water partition coefficient (Wildman–Crippen LogP) is 3.55. The Hall–Kier alpha value is -3.44. The zero-order chi connectivity index (χ0) is 20.5. The molecule has 4 aromatic rings. The minimum absolute atomic E-state index is 0.0451. The Labute approximate surface area is 170 Å². The molecule has 4 rings (SSSR count). The summed E-state index contributed by atoms with van der Waals surface area (Å²) < 4.78 is 15.2. The fourth-order valence-corrected chi connectivity index (χ4v) is 3.68. The van der Waals surface area contributed by atoms with Gasteiger partial charge in [0.15, 0.2) is 5.13 Å². The van der Waals surface area contributed by atoms with Crippen LogP contribution >= 0.6 is 22.9 Å². The van der Waals surface area contributed by atoms with E-state index in [-0.39, 0.29) is 21.8 Å². The summed E-state index contributed by atoms with van der Waals surface area (Å²) >= 11 is 6.75. The number of nitrogens with one attached hydrogen (secondary N) is 1. The standard InChI is InChI=1S/C17H10ClFN6O3S/c18-9-1-3-12(4-2-9)24-8-11(22-23-24)7-20-17-21-16(26)13-5-10(19)6-14(25(27)28)15(13)29-17/h1-6,8H,7H2,(H,20,21,26). The number of nitrogens with zero attached hydrogens (tertiary/aromatic N) is 5. The third kappa shape index (κ3) is 3.91. The lowest BCUT2D eigenvalue weighted by atomic mass is 10.2. The highest BCUT2D eigenvalue weighted by Crippen LogP contribution is 2.31. The zero-order valence-electron chi connectivity index (χ0n) is 14.4. The maximum absolute atomic E-state index is 13.6. The number of non-ortho nitro benzene ring substituents is 1. The summed E-state index contributed by atoms with van der Waals surface area (Å²) in [5, 5.41) is 22.8. The molecule has 9 nitrogen and oxygen atoms in total. The molecule has 146 valence electrons. The lowest BCUT2D eigenvalue weighted by Gasteiger charge is -2.04. The molecule has 0 aliphatic carbocycles. The van der Waals surface area contributed by atoms with Crippen molar-refractivity contribution in [3.05, 3.63) is 79.6 Å². The normalized spacial score (nSPS) is 11.0. The number of fused-ring (bicyclic) bond motifs is 1. The number of aromatic nitrogens is 4. The monoisotopic (exact) mass is 432 g/mol. The van der Waals surface area contributed by atoms with Crippen molar-refractivity contribution in [2.45, 2.75) is 6.54 Å². The first-order valence-electron chi connectivity index (χ1n) is 8.10. The summed E-state index contributed by atoms with van der Waals surface area (Å²) in [6.07, 6.45) is 1.68. The molecule has 2 aromatic carbocycles. The summed E-state index contributed by atoms with van der Waals surface area (Å²) in [4.78, 5) is 26.5. The number of nitro benzene ring substituents is 1. The van der Waals surface area contributed by atoms with Crippen LogP contribution in [0, 0.1) is 15.9 Å². The van der Waals surface area contributed by atoms with Crippen molar-refractivity contribution >= 4 is 43.8 Å². The summed E-state index contributed by atoms with van der Waals surface area (Å²) in [5.74, 6) is -0.866. The predicted molar refractivity (Wildman–Crippen MR) is 106 cm³/mol. The quantitative estimate of drug-likeness (QED) is 0.378. The minimum Gasteiger partial charge on any atom is -0.356 e. The van der Waals surface area contributed by atoms with Crippen LogP contribution in [0.5, 0.6) is 0 Å². The first-order valence-corrected chi connectivity index (χ1v) is 9.30. The smallest absolute Gasteiger partial charge is 0.290 e. The first-order chi connectivity index (χ1) is 13.9. The number of hydrogen-bond acceptors (Lipinski definition) is 8. The van der Waals surface area contributed by atoms with E-state index in [1.165, 1.54) is 0 Å². The van der Waals surface area contributed by atoms with Crippen LogP contribution in [-0.4, -0.2) is 24.9 Å². The molecule has 0 saturated carbocycles. The molecule has 0 unspecified atom stereocenters. The number of halogens is 2. The number of anilines is 1. The van der Waals surface area contributed by atoms with Gasteiger partial charge in [-0.15, -0.1) is 5.10 Å². The van der Waals surface area contributed by atoms with Gasteiger partial charge in [0.2, 0.25) is 0 Å². The number of nitro groups is 1. The van der Waals surface area contributed by atoms with Gasteiger partial charge in [-0.2, -0.15) is 4.98 Å². The van der Waals surface area contributed by atoms with Gasteiger partial charge in [0.1, 0.15) is 16.2 Å². The van der Waals surface area contributed by atoms with Crippen LogP contribution in [0.3, 0.4) is 0 Å². The Morgan fingerprint density at radius 2 is 2.03 bits per heavy atom. The third-order valence-corrected chi connectivity index (χ3v) is 5.23. The molecule has 1 N–H and O–H groups in total. The molecular weight excluding hydrogens is 423 g/mol. The van der Waals surface area contributed by atoms with Crippen LogP contribution in [0.1, 0.15) is 5.69 Å². The van der Waals surface area contributed by atoms with Crippen LogP contribution in [-0.2, 0) is 6.54 Å². The molecule has 29 heavy (non-hydrogen) atoms. The second-order valence-electron chi connectivity index (χ2n) is 5.87. The Kier molecular flexibility index (Phi) is 4.91. The van der Waals surface area contributed by atoms with Crippen LogP contribution in [0.2, 0.25) is 5.02 Å². The molecule has 0 saturated heterocycles. The second kappa shape index (κ2) is 7.53. The molecule has 12 heteroatoms. The van der Waals surface area contributed by atoms with Gasteiger partial charge in [0.25, 0.3) is 11.2 Å². The van der Waals surface area contributed by atoms with Gasteiger partial charge in [-0.25, -0.2) is 9.07 Å². The van der Waals surface area contributed by atoms with E-state index in [1.807, 2.05) is 0 Å². The van der Waals surface area contributed by atoms with Gasteiger partial charge in [0, 0.05) is 5.02 Å². The van der Waals surface area contributed by atoms with E-state index >= 15 is 0 Å². The van der Waals surface area contributed by atoms with Gasteiger partial charge in [-0.3, -0.25) is 14.9 Å². The average Bonchev–Trinajstić information content (AvgIpc) is 3.16. The molecule has 2 heterocycles. The molecule has 0 aliphatic heterocycles.